The van der Waals surface area contributed by atoms with E-state index in [0.717, 1.165) is 23.5 Å². The van der Waals surface area contributed by atoms with Crippen LogP contribution in [0.3, 0.4) is 0 Å². The number of carbonyl (C=O) groups is 3. The summed E-state index contributed by atoms with van der Waals surface area (Å²) in [5.74, 6) is -1.89. The van der Waals surface area contributed by atoms with Gasteiger partial charge in [-0.1, -0.05) is 12.1 Å². The van der Waals surface area contributed by atoms with E-state index < -0.39 is 23.9 Å². The molecule has 24 heavy (non-hydrogen) atoms. The van der Waals surface area contributed by atoms with Crippen LogP contribution in [0.5, 0.6) is 5.75 Å². The van der Waals surface area contributed by atoms with E-state index in [2.05, 4.69) is 5.32 Å². The summed E-state index contributed by atoms with van der Waals surface area (Å²) >= 11 is 2.18. The maximum absolute atomic E-state index is 12.3. The van der Waals surface area contributed by atoms with Gasteiger partial charge in [-0.25, -0.2) is 9.59 Å². The molecular formula is C15H15NO6S2. The van der Waals surface area contributed by atoms with Gasteiger partial charge in [0.15, 0.2) is 0 Å². The van der Waals surface area contributed by atoms with Gasteiger partial charge in [-0.2, -0.15) is 0 Å². The molecule has 1 unspecified atom stereocenters. The quantitative estimate of drug-likeness (QED) is 0.591. The minimum Gasteiger partial charge on any atom is -0.508 e. The molecule has 1 atom stereocenters. The van der Waals surface area contributed by atoms with Gasteiger partial charge in [-0.15, -0.1) is 23.5 Å². The van der Waals surface area contributed by atoms with Crippen molar-refractivity contribution in [3.8, 4) is 5.75 Å². The first-order valence-corrected chi connectivity index (χ1v) is 8.90. The number of benzene rings is 1. The summed E-state index contributed by atoms with van der Waals surface area (Å²) < 4.78 is 0. The Balaban J connectivity index is 2.15. The van der Waals surface area contributed by atoms with Crippen molar-refractivity contribution in [3.05, 3.63) is 39.6 Å². The summed E-state index contributed by atoms with van der Waals surface area (Å²) in [5, 5.41) is 30.1. The molecule has 0 aliphatic carbocycles. The van der Waals surface area contributed by atoms with Crippen molar-refractivity contribution >= 4 is 41.4 Å². The van der Waals surface area contributed by atoms with Crippen molar-refractivity contribution < 1.29 is 29.7 Å². The third kappa shape index (κ3) is 4.68. The summed E-state index contributed by atoms with van der Waals surface area (Å²) in [6.45, 7) is 0. The lowest BCUT2D eigenvalue weighted by Crippen LogP contribution is -2.43. The summed E-state index contributed by atoms with van der Waals surface area (Å²) in [6.07, 6.45) is 0.0227. The fourth-order valence-corrected chi connectivity index (χ4v) is 4.22. The molecule has 1 amide bonds. The van der Waals surface area contributed by atoms with Crippen LogP contribution in [0.15, 0.2) is 34.1 Å². The van der Waals surface area contributed by atoms with Crippen molar-refractivity contribution in [3.63, 3.8) is 0 Å². The molecule has 4 N–H and O–H groups in total. The number of amides is 1. The predicted octanol–water partition coefficient (Wildman–Crippen LogP) is 1.28. The second-order valence-corrected chi connectivity index (χ2v) is 7.11. The van der Waals surface area contributed by atoms with E-state index in [4.69, 9.17) is 5.11 Å². The number of phenolic OH excluding ortho intramolecular Hbond substituents is 1. The molecule has 128 valence electrons. The average Bonchev–Trinajstić information content (AvgIpc) is 2.56. The zero-order valence-electron chi connectivity index (χ0n) is 12.4. The predicted molar refractivity (Wildman–Crippen MR) is 91.0 cm³/mol. The number of carboxylic acid groups (broad SMARTS) is 2. The molecule has 1 aliphatic rings. The molecule has 0 radical (unpaired) electrons. The summed E-state index contributed by atoms with van der Waals surface area (Å²) in [6, 6.07) is 4.77. The highest BCUT2D eigenvalue weighted by Crippen LogP contribution is 2.34. The fraction of sp³-hybridized carbons (Fsp3) is 0.267. The number of carbonyl (C=O) groups excluding carboxylic acids is 1. The highest BCUT2D eigenvalue weighted by Gasteiger charge is 2.28. The van der Waals surface area contributed by atoms with Crippen LogP contribution in [0, 0.1) is 0 Å². The van der Waals surface area contributed by atoms with Crippen LogP contribution in [0.1, 0.15) is 5.56 Å². The molecule has 7 nitrogen and oxygen atoms in total. The van der Waals surface area contributed by atoms with E-state index in [1.54, 1.807) is 12.1 Å². The molecule has 0 bridgehead atoms. The van der Waals surface area contributed by atoms with E-state index in [-0.39, 0.29) is 22.0 Å². The van der Waals surface area contributed by atoms with E-state index in [0.29, 0.717) is 17.1 Å². The lowest BCUT2D eigenvalue weighted by atomic mass is 10.1. The van der Waals surface area contributed by atoms with Crippen molar-refractivity contribution in [1.82, 2.24) is 5.32 Å². The topological polar surface area (TPSA) is 124 Å². The number of aromatic hydroxyl groups is 1. The fourth-order valence-electron chi connectivity index (χ4n) is 2.04. The standard InChI is InChI=1S/C15H15NO6S2/c17-9-3-1-8(2-4-9)7-10(14(19)20)16-13(18)11-12(15(21)22)24-6-5-23-11/h1-4,10,17H,5-7H2,(H,16,18)(H,19,20)(H,21,22). The number of hydrogen-bond donors (Lipinski definition) is 4. The number of rotatable bonds is 6. The Bertz CT molecular complexity index is 686. The Kier molecular flexibility index (Phi) is 6.16. The molecular weight excluding hydrogens is 354 g/mol. The van der Waals surface area contributed by atoms with Gasteiger partial charge in [0.25, 0.3) is 5.91 Å². The Morgan fingerprint density at radius 2 is 1.62 bits per heavy atom. The summed E-state index contributed by atoms with van der Waals surface area (Å²) in [4.78, 5) is 34.9. The second-order valence-electron chi connectivity index (χ2n) is 4.90. The van der Waals surface area contributed by atoms with Crippen molar-refractivity contribution in [2.24, 2.45) is 0 Å². The van der Waals surface area contributed by atoms with Crippen LogP contribution in [0.2, 0.25) is 0 Å². The Hall–Kier alpha value is -2.13. The molecule has 1 aromatic rings. The van der Waals surface area contributed by atoms with Crippen molar-refractivity contribution in [2.45, 2.75) is 12.5 Å². The van der Waals surface area contributed by atoms with Gasteiger partial charge >= 0.3 is 11.9 Å². The minimum absolute atomic E-state index is 0.0227. The monoisotopic (exact) mass is 369 g/mol. The van der Waals surface area contributed by atoms with Gasteiger partial charge in [0.2, 0.25) is 0 Å². The third-order valence-corrected chi connectivity index (χ3v) is 5.71. The molecule has 1 aliphatic heterocycles. The zero-order chi connectivity index (χ0) is 17.7. The highest BCUT2D eigenvalue weighted by molar-refractivity contribution is 8.11. The maximum atomic E-state index is 12.3. The van der Waals surface area contributed by atoms with Gasteiger partial charge < -0.3 is 20.6 Å². The molecule has 1 aromatic carbocycles. The van der Waals surface area contributed by atoms with E-state index in [1.165, 1.54) is 12.1 Å². The van der Waals surface area contributed by atoms with Gasteiger partial charge in [0.1, 0.15) is 16.7 Å². The molecule has 2 rings (SSSR count). The molecule has 0 saturated carbocycles. The number of thioether (sulfide) groups is 2. The van der Waals surface area contributed by atoms with E-state index in [1.807, 2.05) is 0 Å². The SMILES string of the molecule is O=C(O)C1=C(C(=O)NC(Cc2ccc(O)cc2)C(=O)O)SCCS1. The Labute approximate surface area is 146 Å². The Morgan fingerprint density at radius 1 is 1.04 bits per heavy atom. The summed E-state index contributed by atoms with van der Waals surface area (Å²) in [5.41, 5.74) is 0.624. The number of carboxylic acids is 2. The average molecular weight is 369 g/mol. The normalized spacial score (nSPS) is 15.7. The van der Waals surface area contributed by atoms with Crippen LogP contribution in [-0.4, -0.2) is 50.7 Å². The van der Waals surface area contributed by atoms with Crippen molar-refractivity contribution in [1.29, 1.82) is 0 Å². The molecule has 0 aromatic heterocycles. The lowest BCUT2D eigenvalue weighted by Gasteiger charge is -2.19. The van der Waals surface area contributed by atoms with Crippen LogP contribution >= 0.6 is 23.5 Å². The lowest BCUT2D eigenvalue weighted by molar-refractivity contribution is -0.141. The first-order valence-electron chi connectivity index (χ1n) is 6.93. The first kappa shape index (κ1) is 18.2. The van der Waals surface area contributed by atoms with Crippen molar-refractivity contribution in [2.75, 3.05) is 11.5 Å². The van der Waals surface area contributed by atoms with E-state index >= 15 is 0 Å². The number of nitrogens with one attached hydrogen (secondary N) is 1. The second kappa shape index (κ2) is 8.11. The highest BCUT2D eigenvalue weighted by atomic mass is 32.2. The third-order valence-electron chi connectivity index (χ3n) is 3.16. The largest absolute Gasteiger partial charge is 0.508 e. The number of phenols is 1. The van der Waals surface area contributed by atoms with Gasteiger partial charge in [-0.3, -0.25) is 4.79 Å². The van der Waals surface area contributed by atoms with Crippen LogP contribution < -0.4 is 5.32 Å². The van der Waals surface area contributed by atoms with Gasteiger partial charge in [0, 0.05) is 17.9 Å². The molecule has 0 saturated heterocycles. The van der Waals surface area contributed by atoms with Crippen LogP contribution in [0.25, 0.3) is 0 Å². The van der Waals surface area contributed by atoms with Gasteiger partial charge in [-0.05, 0) is 17.7 Å². The maximum Gasteiger partial charge on any atom is 0.343 e. The first-order chi connectivity index (χ1) is 11.4. The van der Waals surface area contributed by atoms with E-state index in [9.17, 15) is 24.6 Å². The number of hydrogen-bond acceptors (Lipinski definition) is 6. The van der Waals surface area contributed by atoms with Crippen LogP contribution in [-0.2, 0) is 20.8 Å². The smallest absolute Gasteiger partial charge is 0.343 e. The minimum atomic E-state index is -1.22. The number of aliphatic carboxylic acids is 2. The van der Waals surface area contributed by atoms with Crippen LogP contribution in [0.4, 0.5) is 0 Å². The summed E-state index contributed by atoms with van der Waals surface area (Å²) in [7, 11) is 0. The molecule has 0 spiro atoms. The molecule has 1 heterocycles. The molecule has 9 heteroatoms. The zero-order valence-corrected chi connectivity index (χ0v) is 14.0. The Morgan fingerprint density at radius 3 is 2.17 bits per heavy atom. The van der Waals surface area contributed by atoms with Gasteiger partial charge in [0.05, 0.1) is 4.91 Å². The molecule has 0 fully saturated rings.